The Bertz CT molecular complexity index is 863. The van der Waals surface area contributed by atoms with Crippen molar-refractivity contribution in [3.8, 4) is 0 Å². The first-order valence-corrected chi connectivity index (χ1v) is 10.9. The van der Waals surface area contributed by atoms with E-state index in [2.05, 4.69) is 32.4 Å². The van der Waals surface area contributed by atoms with E-state index in [9.17, 15) is 9.18 Å². The van der Waals surface area contributed by atoms with Gasteiger partial charge < -0.3 is 9.80 Å². The number of nitrogens with zero attached hydrogens (tertiary/aromatic N) is 2. The lowest BCUT2D eigenvalue weighted by Crippen LogP contribution is -2.29. The predicted octanol–water partition coefficient (Wildman–Crippen LogP) is 6.46. The minimum absolute atomic E-state index is 0.0885. The molecule has 1 unspecified atom stereocenters. The number of halogens is 2. The van der Waals surface area contributed by atoms with Crippen molar-refractivity contribution >= 4 is 23.2 Å². The van der Waals surface area contributed by atoms with Gasteiger partial charge >= 0.3 is 0 Å². The van der Waals surface area contributed by atoms with Gasteiger partial charge in [-0.2, -0.15) is 0 Å². The molecule has 1 amide bonds. The Kier molecular flexibility index (Phi) is 9.07. The molecule has 162 valence electrons. The molecule has 0 fully saturated rings. The van der Waals surface area contributed by atoms with E-state index in [1.807, 2.05) is 25.1 Å². The molecule has 0 aliphatic carbocycles. The van der Waals surface area contributed by atoms with Crippen LogP contribution in [0.2, 0.25) is 5.02 Å². The van der Waals surface area contributed by atoms with Crippen LogP contribution in [0.25, 0.3) is 0 Å². The summed E-state index contributed by atoms with van der Waals surface area (Å²) in [6, 6.07) is 9.96. The van der Waals surface area contributed by atoms with Crippen LogP contribution in [-0.4, -0.2) is 37.5 Å². The number of benzene rings is 2. The van der Waals surface area contributed by atoms with E-state index in [4.69, 9.17) is 11.6 Å². The van der Waals surface area contributed by atoms with Crippen LogP contribution in [0.15, 0.2) is 49.1 Å². The third-order valence-corrected chi connectivity index (χ3v) is 5.62. The zero-order valence-corrected chi connectivity index (χ0v) is 19.2. The standard InChI is InChI=1S/C18H17ClFNO.C7H15N/c1-3-12-10-21(17-5-4-15(20)9-16(12)17)18(22)13-6-11(2)7-14(19)8-13;1-4-6-7-8(3)5-2/h4-9,12H,3,10H2,1-2H3;4H,1,5-7H2,2-3H3. The normalized spacial score (nSPS) is 14.9. The largest absolute Gasteiger partial charge is 0.307 e. The van der Waals surface area contributed by atoms with Gasteiger partial charge in [-0.15, -0.1) is 6.58 Å². The van der Waals surface area contributed by atoms with Crippen LogP contribution in [-0.2, 0) is 0 Å². The summed E-state index contributed by atoms with van der Waals surface area (Å²) in [5.74, 6) is -0.172. The van der Waals surface area contributed by atoms with Crippen molar-refractivity contribution in [1.29, 1.82) is 0 Å². The number of hydrogen-bond donors (Lipinski definition) is 0. The van der Waals surface area contributed by atoms with Gasteiger partial charge in [0.1, 0.15) is 5.82 Å². The Morgan fingerprint density at radius 2 is 2.03 bits per heavy atom. The molecule has 0 N–H and O–H groups in total. The number of carbonyl (C=O) groups is 1. The van der Waals surface area contributed by atoms with E-state index < -0.39 is 0 Å². The number of aryl methyl sites for hydroxylation is 1. The fourth-order valence-corrected chi connectivity index (χ4v) is 3.83. The zero-order valence-electron chi connectivity index (χ0n) is 18.4. The fraction of sp³-hybridized carbons (Fsp3) is 0.400. The highest BCUT2D eigenvalue weighted by molar-refractivity contribution is 6.31. The molecule has 1 aliphatic rings. The Hall–Kier alpha value is -2.17. The monoisotopic (exact) mass is 430 g/mol. The summed E-state index contributed by atoms with van der Waals surface area (Å²) >= 11 is 6.06. The molecule has 1 aliphatic heterocycles. The third kappa shape index (κ3) is 6.16. The number of anilines is 1. The van der Waals surface area contributed by atoms with Gasteiger partial charge in [0.2, 0.25) is 0 Å². The second kappa shape index (κ2) is 11.3. The predicted molar refractivity (Wildman–Crippen MR) is 125 cm³/mol. The number of carbonyl (C=O) groups excluding carboxylic acids is 1. The van der Waals surface area contributed by atoms with Gasteiger partial charge in [-0.25, -0.2) is 4.39 Å². The molecule has 3 nitrogen and oxygen atoms in total. The van der Waals surface area contributed by atoms with Gasteiger partial charge in [-0.3, -0.25) is 4.79 Å². The minimum Gasteiger partial charge on any atom is -0.307 e. The summed E-state index contributed by atoms with van der Waals surface area (Å²) in [6.07, 6.45) is 3.92. The molecule has 1 heterocycles. The molecule has 0 radical (unpaired) electrons. The molecule has 3 rings (SSSR count). The summed E-state index contributed by atoms with van der Waals surface area (Å²) in [6.45, 7) is 12.6. The molecular formula is C25H32ClFN2O. The van der Waals surface area contributed by atoms with Gasteiger partial charge in [-0.05, 0) is 80.9 Å². The van der Waals surface area contributed by atoms with Crippen molar-refractivity contribution in [1.82, 2.24) is 4.90 Å². The molecule has 0 aromatic heterocycles. The highest BCUT2D eigenvalue weighted by Gasteiger charge is 2.32. The van der Waals surface area contributed by atoms with Gasteiger partial charge in [-0.1, -0.05) is 31.5 Å². The van der Waals surface area contributed by atoms with Crippen LogP contribution in [0.4, 0.5) is 10.1 Å². The molecule has 2 aromatic carbocycles. The summed E-state index contributed by atoms with van der Waals surface area (Å²) < 4.78 is 13.5. The maximum atomic E-state index is 13.5. The molecule has 0 saturated carbocycles. The first-order chi connectivity index (χ1) is 14.3. The van der Waals surface area contributed by atoms with Gasteiger partial charge in [0.05, 0.1) is 0 Å². The van der Waals surface area contributed by atoms with Crippen LogP contribution < -0.4 is 4.90 Å². The van der Waals surface area contributed by atoms with Crippen LogP contribution in [0.1, 0.15) is 54.1 Å². The Morgan fingerprint density at radius 3 is 2.63 bits per heavy atom. The average molecular weight is 431 g/mol. The fourth-order valence-electron chi connectivity index (χ4n) is 3.54. The summed E-state index contributed by atoms with van der Waals surface area (Å²) in [7, 11) is 2.11. The highest BCUT2D eigenvalue weighted by Crippen LogP contribution is 2.39. The lowest BCUT2D eigenvalue weighted by Gasteiger charge is -2.18. The molecule has 0 bridgehead atoms. The second-order valence-corrected chi connectivity index (χ2v) is 8.15. The summed E-state index contributed by atoms with van der Waals surface area (Å²) in [5.41, 5.74) is 3.23. The molecule has 1 atom stereocenters. The molecule has 30 heavy (non-hydrogen) atoms. The van der Waals surface area contributed by atoms with Crippen LogP contribution in [0, 0.1) is 12.7 Å². The van der Waals surface area contributed by atoms with Crippen molar-refractivity contribution in [2.24, 2.45) is 0 Å². The van der Waals surface area contributed by atoms with Crippen LogP contribution >= 0.6 is 11.6 Å². The maximum absolute atomic E-state index is 13.5. The third-order valence-electron chi connectivity index (χ3n) is 5.40. The first kappa shape index (κ1) is 24.1. The number of fused-ring (bicyclic) bond motifs is 1. The van der Waals surface area contributed by atoms with E-state index in [0.29, 0.717) is 17.1 Å². The lowest BCUT2D eigenvalue weighted by atomic mass is 9.99. The summed E-state index contributed by atoms with van der Waals surface area (Å²) in [4.78, 5) is 16.8. The van der Waals surface area contributed by atoms with E-state index >= 15 is 0 Å². The van der Waals surface area contributed by atoms with Crippen molar-refractivity contribution in [3.05, 3.63) is 76.6 Å². The smallest absolute Gasteiger partial charge is 0.258 e. The van der Waals surface area contributed by atoms with E-state index in [-0.39, 0.29) is 17.6 Å². The van der Waals surface area contributed by atoms with E-state index in [1.165, 1.54) is 6.07 Å². The summed E-state index contributed by atoms with van der Waals surface area (Å²) in [5, 5.41) is 0.550. The Morgan fingerprint density at radius 1 is 1.30 bits per heavy atom. The molecule has 0 saturated heterocycles. The van der Waals surface area contributed by atoms with E-state index in [1.54, 1.807) is 23.1 Å². The van der Waals surface area contributed by atoms with Crippen molar-refractivity contribution in [2.75, 3.05) is 31.6 Å². The number of rotatable bonds is 6. The molecule has 5 heteroatoms. The zero-order chi connectivity index (χ0) is 22.3. The van der Waals surface area contributed by atoms with Gasteiger partial charge in [0.15, 0.2) is 0 Å². The molecular weight excluding hydrogens is 399 g/mol. The second-order valence-electron chi connectivity index (χ2n) is 7.71. The maximum Gasteiger partial charge on any atom is 0.258 e. The molecule has 2 aromatic rings. The van der Waals surface area contributed by atoms with Crippen LogP contribution in [0.3, 0.4) is 0 Å². The SMILES string of the molecule is C=CCCN(C)CC.CCC1CN(C(=O)c2cc(C)cc(Cl)c2)c2ccc(F)cc21. The highest BCUT2D eigenvalue weighted by atomic mass is 35.5. The number of amides is 1. The van der Waals surface area contributed by atoms with Crippen LogP contribution in [0.5, 0.6) is 0 Å². The van der Waals surface area contributed by atoms with Gasteiger partial charge in [0, 0.05) is 35.3 Å². The lowest BCUT2D eigenvalue weighted by molar-refractivity contribution is 0.0988. The molecule has 0 spiro atoms. The quantitative estimate of drug-likeness (QED) is 0.491. The van der Waals surface area contributed by atoms with Crippen molar-refractivity contribution in [2.45, 2.75) is 39.5 Å². The average Bonchev–Trinajstić information content (AvgIpc) is 3.08. The first-order valence-electron chi connectivity index (χ1n) is 10.5. The van der Waals surface area contributed by atoms with Crippen molar-refractivity contribution < 1.29 is 9.18 Å². The van der Waals surface area contributed by atoms with E-state index in [0.717, 1.165) is 42.7 Å². The van der Waals surface area contributed by atoms with Crippen molar-refractivity contribution in [3.63, 3.8) is 0 Å². The Balaban J connectivity index is 0.000000343. The topological polar surface area (TPSA) is 23.6 Å². The van der Waals surface area contributed by atoms with Gasteiger partial charge in [0.25, 0.3) is 5.91 Å². The Labute approximate surface area is 185 Å². The number of hydrogen-bond acceptors (Lipinski definition) is 2. The minimum atomic E-state index is -0.259.